The number of rotatable bonds is 4. The van der Waals surface area contributed by atoms with Crippen LogP contribution in [0.15, 0.2) is 29.2 Å². The Balaban J connectivity index is 2.33. The van der Waals surface area contributed by atoms with E-state index in [1.807, 2.05) is 6.92 Å². The van der Waals surface area contributed by atoms with Gasteiger partial charge in [-0.1, -0.05) is 6.92 Å². The number of nitrogens with zero attached hydrogens (tertiary/aromatic N) is 1. The van der Waals surface area contributed by atoms with E-state index in [-0.39, 0.29) is 23.0 Å². The fraction of sp³-hybridized carbons (Fsp3) is 0.462. The van der Waals surface area contributed by atoms with Crippen LogP contribution in [0.25, 0.3) is 0 Å². The largest absolute Gasteiger partial charge is 0.395 e. The predicted octanol–water partition coefficient (Wildman–Crippen LogP) is 0.177. The molecule has 0 aliphatic carbocycles. The summed E-state index contributed by atoms with van der Waals surface area (Å²) < 4.78 is 26.4. The molecule has 1 fully saturated rings. The second-order valence-electron chi connectivity index (χ2n) is 5.02. The third-order valence-corrected chi connectivity index (χ3v) is 5.70. The molecule has 1 aliphatic rings. The molecule has 1 aliphatic heterocycles. The molecule has 110 valence electrons. The third kappa shape index (κ3) is 2.56. The van der Waals surface area contributed by atoms with Crippen molar-refractivity contribution in [3.8, 4) is 0 Å². The molecule has 7 heteroatoms. The Morgan fingerprint density at radius 3 is 2.50 bits per heavy atom. The Hall–Kier alpha value is -1.44. The van der Waals surface area contributed by atoms with Gasteiger partial charge in [0.25, 0.3) is 0 Å². The van der Waals surface area contributed by atoms with Crippen molar-refractivity contribution >= 4 is 15.9 Å². The molecular formula is C13H18N2O4S. The molecule has 2 unspecified atom stereocenters. The smallest absolute Gasteiger partial charge is 0.248 e. The molecule has 0 saturated carbocycles. The highest BCUT2D eigenvalue weighted by molar-refractivity contribution is 7.89. The molecule has 1 heterocycles. The van der Waals surface area contributed by atoms with Gasteiger partial charge in [0.2, 0.25) is 15.9 Å². The van der Waals surface area contributed by atoms with Gasteiger partial charge in [-0.3, -0.25) is 4.79 Å². The maximum atomic E-state index is 12.5. The summed E-state index contributed by atoms with van der Waals surface area (Å²) >= 11 is 0. The van der Waals surface area contributed by atoms with Crippen LogP contribution in [0.2, 0.25) is 0 Å². The van der Waals surface area contributed by atoms with Crippen molar-refractivity contribution in [1.29, 1.82) is 0 Å². The minimum absolute atomic E-state index is 0.107. The topological polar surface area (TPSA) is 101 Å². The normalized spacial score (nSPS) is 23.9. The lowest BCUT2D eigenvalue weighted by Crippen LogP contribution is -2.39. The monoisotopic (exact) mass is 298 g/mol. The second kappa shape index (κ2) is 5.51. The molecule has 6 nitrogen and oxygen atoms in total. The van der Waals surface area contributed by atoms with E-state index in [0.29, 0.717) is 6.54 Å². The molecule has 3 N–H and O–H groups in total. The number of amides is 1. The van der Waals surface area contributed by atoms with Crippen LogP contribution in [0.3, 0.4) is 0 Å². The lowest BCUT2D eigenvalue weighted by Gasteiger charge is -2.24. The fourth-order valence-corrected chi connectivity index (χ4v) is 4.20. The maximum absolute atomic E-state index is 12.5. The third-order valence-electron chi connectivity index (χ3n) is 3.76. The van der Waals surface area contributed by atoms with Gasteiger partial charge in [0.1, 0.15) is 0 Å². The molecule has 20 heavy (non-hydrogen) atoms. The molecule has 0 spiro atoms. The summed E-state index contributed by atoms with van der Waals surface area (Å²) in [5.41, 5.74) is 5.39. The number of carbonyl (C=O) groups is 1. The molecule has 1 aromatic rings. The number of aliphatic hydroxyl groups is 1. The summed E-state index contributed by atoms with van der Waals surface area (Å²) in [6.45, 7) is 2.12. The van der Waals surface area contributed by atoms with Crippen molar-refractivity contribution in [2.24, 2.45) is 11.7 Å². The van der Waals surface area contributed by atoms with E-state index in [2.05, 4.69) is 0 Å². The number of primary amides is 1. The number of benzene rings is 1. The zero-order chi connectivity index (χ0) is 14.9. The van der Waals surface area contributed by atoms with Gasteiger partial charge in [-0.15, -0.1) is 0 Å². The lowest BCUT2D eigenvalue weighted by molar-refractivity contribution is 0.1000. The zero-order valence-electron chi connectivity index (χ0n) is 11.2. The van der Waals surface area contributed by atoms with Crippen molar-refractivity contribution in [2.75, 3.05) is 13.2 Å². The number of hydrogen-bond donors (Lipinski definition) is 2. The molecule has 0 bridgehead atoms. The first kappa shape index (κ1) is 15.0. The highest BCUT2D eigenvalue weighted by Crippen LogP contribution is 2.29. The van der Waals surface area contributed by atoms with Crippen molar-refractivity contribution in [1.82, 2.24) is 4.31 Å². The Labute approximate surface area is 118 Å². The molecular weight excluding hydrogens is 280 g/mol. The van der Waals surface area contributed by atoms with E-state index in [4.69, 9.17) is 5.73 Å². The Morgan fingerprint density at radius 1 is 1.40 bits per heavy atom. The Morgan fingerprint density at radius 2 is 2.00 bits per heavy atom. The van der Waals surface area contributed by atoms with E-state index in [0.717, 1.165) is 6.42 Å². The number of carbonyl (C=O) groups excluding carboxylic acids is 1. The molecule has 0 radical (unpaired) electrons. The van der Waals surface area contributed by atoms with E-state index >= 15 is 0 Å². The van der Waals surface area contributed by atoms with E-state index < -0.39 is 22.0 Å². The van der Waals surface area contributed by atoms with Crippen LogP contribution < -0.4 is 5.73 Å². The number of hydrogen-bond acceptors (Lipinski definition) is 4. The van der Waals surface area contributed by atoms with Gasteiger partial charge in [-0.05, 0) is 36.6 Å². The molecule has 2 atom stereocenters. The Bertz CT molecular complexity index is 597. The van der Waals surface area contributed by atoms with Gasteiger partial charge < -0.3 is 10.8 Å². The minimum Gasteiger partial charge on any atom is -0.395 e. The van der Waals surface area contributed by atoms with Crippen LogP contribution in [0.4, 0.5) is 0 Å². The molecule has 1 saturated heterocycles. The molecule has 2 rings (SSSR count). The predicted molar refractivity (Wildman–Crippen MR) is 73.5 cm³/mol. The summed E-state index contributed by atoms with van der Waals surface area (Å²) in [5.74, 6) is -0.475. The molecule has 1 aromatic carbocycles. The SMILES string of the molecule is CC1CCN(S(=O)(=O)c2ccc(C(N)=O)cc2)C1CO. The molecule has 1 amide bonds. The van der Waals surface area contributed by atoms with Gasteiger partial charge >= 0.3 is 0 Å². The van der Waals surface area contributed by atoms with Crippen molar-refractivity contribution in [3.05, 3.63) is 29.8 Å². The van der Waals surface area contributed by atoms with Crippen LogP contribution in [0.1, 0.15) is 23.7 Å². The zero-order valence-corrected chi connectivity index (χ0v) is 12.0. The quantitative estimate of drug-likeness (QED) is 0.827. The van der Waals surface area contributed by atoms with Crippen molar-refractivity contribution < 1.29 is 18.3 Å². The van der Waals surface area contributed by atoms with Gasteiger partial charge in [0, 0.05) is 12.1 Å². The summed E-state index contributed by atoms with van der Waals surface area (Å²) in [6, 6.07) is 5.13. The maximum Gasteiger partial charge on any atom is 0.248 e. The average Bonchev–Trinajstić information content (AvgIpc) is 2.80. The van der Waals surface area contributed by atoms with Gasteiger partial charge in [-0.2, -0.15) is 4.31 Å². The minimum atomic E-state index is -3.65. The van der Waals surface area contributed by atoms with Crippen LogP contribution in [0, 0.1) is 5.92 Å². The highest BCUT2D eigenvalue weighted by Gasteiger charge is 2.39. The fourth-order valence-electron chi connectivity index (χ4n) is 2.47. The van der Waals surface area contributed by atoms with Gasteiger partial charge in [-0.25, -0.2) is 8.42 Å². The first-order chi connectivity index (χ1) is 9.37. The number of aliphatic hydroxyl groups excluding tert-OH is 1. The summed E-state index contributed by atoms with van der Waals surface area (Å²) in [7, 11) is -3.65. The first-order valence-electron chi connectivity index (χ1n) is 6.40. The summed E-state index contributed by atoms with van der Waals surface area (Å²) in [4.78, 5) is 11.1. The second-order valence-corrected chi connectivity index (χ2v) is 6.91. The number of nitrogens with two attached hydrogens (primary N) is 1. The van der Waals surface area contributed by atoms with Crippen LogP contribution in [-0.4, -0.2) is 42.9 Å². The Kier molecular flexibility index (Phi) is 4.12. The van der Waals surface area contributed by atoms with Crippen LogP contribution in [-0.2, 0) is 10.0 Å². The summed E-state index contributed by atoms with van der Waals surface area (Å²) in [6.07, 6.45) is 0.726. The average molecular weight is 298 g/mol. The number of sulfonamides is 1. The first-order valence-corrected chi connectivity index (χ1v) is 7.84. The van der Waals surface area contributed by atoms with E-state index in [1.54, 1.807) is 0 Å². The summed E-state index contributed by atoms with van der Waals surface area (Å²) in [5, 5.41) is 9.37. The molecule has 0 aromatic heterocycles. The standard InChI is InChI=1S/C13H18N2O4S/c1-9-6-7-15(12(9)8-16)20(18,19)11-4-2-10(3-5-11)13(14)17/h2-5,9,12,16H,6-8H2,1H3,(H2,14,17). The van der Waals surface area contributed by atoms with E-state index in [1.165, 1.54) is 28.6 Å². The van der Waals surface area contributed by atoms with Crippen molar-refractivity contribution in [2.45, 2.75) is 24.3 Å². The van der Waals surface area contributed by atoms with Gasteiger partial charge in [0.15, 0.2) is 0 Å². The van der Waals surface area contributed by atoms with Gasteiger partial charge in [0.05, 0.1) is 17.5 Å². The van der Waals surface area contributed by atoms with E-state index in [9.17, 15) is 18.3 Å². The highest BCUT2D eigenvalue weighted by atomic mass is 32.2. The van der Waals surface area contributed by atoms with Crippen LogP contribution in [0.5, 0.6) is 0 Å². The van der Waals surface area contributed by atoms with Crippen LogP contribution >= 0.6 is 0 Å². The lowest BCUT2D eigenvalue weighted by atomic mass is 10.0. The van der Waals surface area contributed by atoms with Crippen molar-refractivity contribution in [3.63, 3.8) is 0 Å².